The summed E-state index contributed by atoms with van der Waals surface area (Å²) >= 11 is 6.02. The first kappa shape index (κ1) is 21.5. The Morgan fingerprint density at radius 3 is 2.59 bits per heavy atom. The van der Waals surface area contributed by atoms with Gasteiger partial charge in [-0.2, -0.15) is 0 Å². The van der Waals surface area contributed by atoms with Crippen molar-refractivity contribution < 1.29 is 14.3 Å². The number of piperidine rings is 1. The molecular formula is C18H30ClN5O3. The highest BCUT2D eigenvalue weighted by molar-refractivity contribution is 6.30. The maximum atomic E-state index is 12.6. The number of nitrogens with zero attached hydrogens (tertiary/aromatic N) is 2. The first-order valence-electron chi connectivity index (χ1n) is 9.41. The highest BCUT2D eigenvalue weighted by Crippen LogP contribution is 2.17. The average Bonchev–Trinajstić information content (AvgIpc) is 2.96. The van der Waals surface area contributed by atoms with Crippen LogP contribution >= 0.6 is 11.6 Å². The Hall–Kier alpha value is -1.80. The van der Waals surface area contributed by atoms with Crippen LogP contribution in [0, 0.1) is 0 Å². The topological polar surface area (TPSA) is 99.4 Å². The number of hydrogen-bond acceptors (Lipinski definition) is 5. The molecule has 1 aromatic rings. The van der Waals surface area contributed by atoms with Crippen molar-refractivity contribution in [2.75, 3.05) is 19.6 Å². The number of imidazole rings is 1. The van der Waals surface area contributed by atoms with Crippen molar-refractivity contribution in [1.29, 1.82) is 0 Å². The standard InChI is InChI=1S/C18H30ClN5O3/c1-6-11-14(19)23-15(21-11)16(25)22-12-8-9-24(10-13(12)20-7-2)17(26)27-18(3,4)5/h12-13,20H,6-10H2,1-5H3,(H,21,23)(H,22,25)/t12-,13+/m0/s1. The lowest BCUT2D eigenvalue weighted by molar-refractivity contribution is 0.0164. The van der Waals surface area contributed by atoms with Gasteiger partial charge < -0.3 is 25.3 Å². The van der Waals surface area contributed by atoms with Gasteiger partial charge in [0, 0.05) is 25.2 Å². The maximum absolute atomic E-state index is 12.6. The van der Waals surface area contributed by atoms with E-state index < -0.39 is 5.60 Å². The Labute approximate surface area is 165 Å². The largest absolute Gasteiger partial charge is 0.444 e. The zero-order valence-corrected chi connectivity index (χ0v) is 17.4. The molecule has 9 heteroatoms. The Morgan fingerprint density at radius 2 is 2.04 bits per heavy atom. The SMILES string of the molecule is CCN[C@@H]1CN(C(=O)OC(C)(C)C)CC[C@@H]1NC(=O)c1nc(Cl)c(CC)[nH]1. The van der Waals surface area contributed by atoms with Crippen molar-refractivity contribution in [2.24, 2.45) is 0 Å². The van der Waals surface area contributed by atoms with Crippen molar-refractivity contribution in [3.63, 3.8) is 0 Å². The number of likely N-dealkylation sites (tertiary alicyclic amines) is 1. The van der Waals surface area contributed by atoms with Crippen molar-refractivity contribution in [1.82, 2.24) is 25.5 Å². The quantitative estimate of drug-likeness (QED) is 0.705. The number of carbonyl (C=O) groups is 2. The van der Waals surface area contributed by atoms with Crippen molar-refractivity contribution in [2.45, 2.75) is 65.1 Å². The van der Waals surface area contributed by atoms with Gasteiger partial charge in [0.1, 0.15) is 5.60 Å². The molecule has 8 nitrogen and oxygen atoms in total. The Bertz CT molecular complexity index is 670. The van der Waals surface area contributed by atoms with Crippen LogP contribution in [-0.2, 0) is 11.2 Å². The van der Waals surface area contributed by atoms with Gasteiger partial charge in [-0.1, -0.05) is 25.4 Å². The van der Waals surface area contributed by atoms with Crippen LogP contribution in [0.5, 0.6) is 0 Å². The molecule has 0 bridgehead atoms. The van der Waals surface area contributed by atoms with E-state index >= 15 is 0 Å². The number of rotatable bonds is 5. The third kappa shape index (κ3) is 5.84. The number of aromatic nitrogens is 2. The molecule has 2 atom stereocenters. The number of aromatic amines is 1. The Kier molecular flexibility index (Phi) is 7.11. The van der Waals surface area contributed by atoms with Crippen LogP contribution in [0.25, 0.3) is 0 Å². The molecule has 0 aromatic carbocycles. The van der Waals surface area contributed by atoms with Crippen molar-refractivity contribution in [3.05, 3.63) is 16.7 Å². The van der Waals surface area contributed by atoms with Gasteiger partial charge in [0.25, 0.3) is 5.91 Å². The van der Waals surface area contributed by atoms with Crippen LogP contribution in [0.4, 0.5) is 4.79 Å². The summed E-state index contributed by atoms with van der Waals surface area (Å²) in [7, 11) is 0. The first-order chi connectivity index (χ1) is 12.6. The lowest BCUT2D eigenvalue weighted by Gasteiger charge is -2.39. The summed E-state index contributed by atoms with van der Waals surface area (Å²) in [6, 6.07) is -0.193. The molecular weight excluding hydrogens is 370 g/mol. The van der Waals surface area contributed by atoms with Gasteiger partial charge in [-0.15, -0.1) is 0 Å². The molecule has 3 N–H and O–H groups in total. The number of carbonyl (C=O) groups excluding carboxylic acids is 2. The zero-order valence-electron chi connectivity index (χ0n) is 16.7. The third-order valence-corrected chi connectivity index (χ3v) is 4.66. The summed E-state index contributed by atoms with van der Waals surface area (Å²) in [4.78, 5) is 33.6. The van der Waals surface area contributed by atoms with Gasteiger partial charge in [0.2, 0.25) is 0 Å². The summed E-state index contributed by atoms with van der Waals surface area (Å²) in [6.45, 7) is 11.2. The van der Waals surface area contributed by atoms with Crippen LogP contribution in [0.2, 0.25) is 5.15 Å². The van der Waals surface area contributed by atoms with Gasteiger partial charge >= 0.3 is 6.09 Å². The minimum Gasteiger partial charge on any atom is -0.444 e. The number of hydrogen-bond donors (Lipinski definition) is 3. The predicted molar refractivity (Wildman–Crippen MR) is 104 cm³/mol. The summed E-state index contributed by atoms with van der Waals surface area (Å²) in [6.07, 6.45) is 0.964. The minimum absolute atomic E-state index is 0.0729. The number of halogens is 1. The molecule has 2 rings (SSSR count). The normalized spacial score (nSPS) is 20.4. The van der Waals surface area contributed by atoms with E-state index in [0.717, 1.165) is 12.2 Å². The predicted octanol–water partition coefficient (Wildman–Crippen LogP) is 2.34. The fraction of sp³-hybridized carbons (Fsp3) is 0.722. The fourth-order valence-corrected chi connectivity index (χ4v) is 3.32. The molecule has 1 aliphatic rings. The van der Waals surface area contributed by atoms with E-state index in [4.69, 9.17) is 16.3 Å². The minimum atomic E-state index is -0.536. The lowest BCUT2D eigenvalue weighted by Crippen LogP contribution is -2.60. The number of ether oxygens (including phenoxy) is 1. The summed E-state index contributed by atoms with van der Waals surface area (Å²) in [5.74, 6) is -0.0862. The second-order valence-electron chi connectivity index (χ2n) is 7.67. The summed E-state index contributed by atoms with van der Waals surface area (Å²) in [5.41, 5.74) is 0.204. The molecule has 2 heterocycles. The lowest BCUT2D eigenvalue weighted by atomic mass is 9.99. The zero-order chi connectivity index (χ0) is 20.2. The van der Waals surface area contributed by atoms with E-state index in [0.29, 0.717) is 31.1 Å². The van der Waals surface area contributed by atoms with Gasteiger partial charge in [0.15, 0.2) is 11.0 Å². The van der Waals surface area contributed by atoms with Gasteiger partial charge in [-0.05, 0) is 40.2 Å². The van der Waals surface area contributed by atoms with Crippen molar-refractivity contribution >= 4 is 23.6 Å². The second-order valence-corrected chi connectivity index (χ2v) is 8.03. The summed E-state index contributed by atoms with van der Waals surface area (Å²) < 4.78 is 5.46. The number of amides is 2. The number of nitrogens with one attached hydrogen (secondary N) is 3. The van der Waals surface area contributed by atoms with E-state index in [1.165, 1.54) is 0 Å². The molecule has 0 aliphatic carbocycles. The molecule has 27 heavy (non-hydrogen) atoms. The molecule has 1 saturated heterocycles. The highest BCUT2D eigenvalue weighted by atomic mass is 35.5. The second kappa shape index (κ2) is 8.93. The van der Waals surface area contributed by atoms with Crippen LogP contribution in [0.3, 0.4) is 0 Å². The van der Waals surface area contributed by atoms with E-state index in [9.17, 15) is 9.59 Å². The molecule has 0 unspecified atom stereocenters. The first-order valence-corrected chi connectivity index (χ1v) is 9.79. The average molecular weight is 400 g/mol. The molecule has 152 valence electrons. The van der Waals surface area contributed by atoms with Gasteiger partial charge in [-0.3, -0.25) is 4.79 Å². The van der Waals surface area contributed by atoms with Crippen molar-refractivity contribution in [3.8, 4) is 0 Å². The molecule has 1 aromatic heterocycles. The maximum Gasteiger partial charge on any atom is 0.410 e. The number of likely N-dealkylation sites (N-methyl/N-ethyl adjacent to an activating group) is 1. The van der Waals surface area contributed by atoms with Crippen LogP contribution in [0.1, 0.15) is 57.4 Å². The van der Waals surface area contributed by atoms with E-state index in [-0.39, 0.29) is 29.9 Å². The van der Waals surface area contributed by atoms with Gasteiger partial charge in [0.05, 0.1) is 5.69 Å². The number of aryl methyl sites for hydroxylation is 1. The smallest absolute Gasteiger partial charge is 0.410 e. The highest BCUT2D eigenvalue weighted by Gasteiger charge is 2.34. The fourth-order valence-electron chi connectivity index (χ4n) is 3.05. The Balaban J connectivity index is 2.02. The molecule has 0 spiro atoms. The molecule has 0 saturated carbocycles. The number of H-pyrrole nitrogens is 1. The van der Waals surface area contributed by atoms with Crippen LogP contribution < -0.4 is 10.6 Å². The Morgan fingerprint density at radius 1 is 1.33 bits per heavy atom. The van der Waals surface area contributed by atoms with Gasteiger partial charge in [-0.25, -0.2) is 9.78 Å². The third-order valence-electron chi connectivity index (χ3n) is 4.34. The van der Waals surface area contributed by atoms with E-state index in [1.54, 1.807) is 4.90 Å². The van der Waals surface area contributed by atoms with Crippen LogP contribution in [0.15, 0.2) is 0 Å². The molecule has 0 radical (unpaired) electrons. The van der Waals surface area contributed by atoms with E-state index in [2.05, 4.69) is 20.6 Å². The summed E-state index contributed by atoms with van der Waals surface area (Å²) in [5, 5.41) is 6.68. The molecule has 1 fully saturated rings. The molecule has 1 aliphatic heterocycles. The van der Waals surface area contributed by atoms with Crippen LogP contribution in [-0.4, -0.2) is 64.2 Å². The van der Waals surface area contributed by atoms with E-state index in [1.807, 2.05) is 34.6 Å². The molecule has 2 amide bonds. The monoisotopic (exact) mass is 399 g/mol.